The Morgan fingerprint density at radius 3 is 2.65 bits per heavy atom. The van der Waals surface area contributed by atoms with Gasteiger partial charge in [-0.05, 0) is 38.3 Å². The third-order valence-electron chi connectivity index (χ3n) is 4.15. The van der Waals surface area contributed by atoms with E-state index in [9.17, 15) is 14.7 Å². The summed E-state index contributed by atoms with van der Waals surface area (Å²) in [6.45, 7) is 2.20. The Morgan fingerprint density at radius 2 is 1.96 bits per heavy atom. The molecule has 1 aliphatic rings. The van der Waals surface area contributed by atoms with E-state index in [0.717, 1.165) is 18.5 Å². The van der Waals surface area contributed by atoms with Crippen LogP contribution in [0.2, 0.25) is 0 Å². The summed E-state index contributed by atoms with van der Waals surface area (Å²) >= 11 is 0. The fraction of sp³-hybridized carbons (Fsp3) is 0.375. The van der Waals surface area contributed by atoms with Gasteiger partial charge in [0.25, 0.3) is 5.91 Å². The third kappa shape index (κ3) is 2.81. The first kappa shape index (κ1) is 15.2. The van der Waals surface area contributed by atoms with E-state index in [-0.39, 0.29) is 11.6 Å². The molecular weight excluding hydrogens is 296 g/mol. The Hall–Kier alpha value is -2.70. The SMILES string of the molecule is Cc1c(C(=O)N2CCCCC2C(=O)O)nnn1-c1ccccc1. The number of carbonyl (C=O) groups is 2. The van der Waals surface area contributed by atoms with Gasteiger partial charge in [0.2, 0.25) is 0 Å². The molecular formula is C16H18N4O3. The fourth-order valence-corrected chi connectivity index (χ4v) is 2.91. The Kier molecular flexibility index (Phi) is 4.10. The number of amides is 1. The molecule has 7 heteroatoms. The lowest BCUT2D eigenvalue weighted by atomic mass is 10.0. The van der Waals surface area contributed by atoms with Crippen molar-refractivity contribution in [3.05, 3.63) is 41.7 Å². The van der Waals surface area contributed by atoms with Gasteiger partial charge < -0.3 is 10.0 Å². The molecule has 0 aliphatic carbocycles. The van der Waals surface area contributed by atoms with Crippen molar-refractivity contribution < 1.29 is 14.7 Å². The number of nitrogens with zero attached hydrogens (tertiary/aromatic N) is 4. The maximum Gasteiger partial charge on any atom is 0.326 e. The van der Waals surface area contributed by atoms with Gasteiger partial charge in [-0.3, -0.25) is 4.79 Å². The number of rotatable bonds is 3. The molecule has 0 radical (unpaired) electrons. The molecule has 1 aliphatic heterocycles. The van der Waals surface area contributed by atoms with E-state index in [1.54, 1.807) is 11.6 Å². The molecule has 1 N–H and O–H groups in total. The van der Waals surface area contributed by atoms with E-state index in [4.69, 9.17) is 0 Å². The van der Waals surface area contributed by atoms with Crippen molar-refractivity contribution in [3.8, 4) is 5.69 Å². The lowest BCUT2D eigenvalue weighted by molar-refractivity contribution is -0.143. The molecule has 7 nitrogen and oxygen atoms in total. The summed E-state index contributed by atoms with van der Waals surface area (Å²) in [6, 6.07) is 8.62. The minimum Gasteiger partial charge on any atom is -0.480 e. The van der Waals surface area contributed by atoms with Crippen LogP contribution in [0.5, 0.6) is 0 Å². The lowest BCUT2D eigenvalue weighted by Crippen LogP contribution is -2.48. The molecule has 1 saturated heterocycles. The van der Waals surface area contributed by atoms with Gasteiger partial charge >= 0.3 is 5.97 Å². The van der Waals surface area contributed by atoms with Crippen LogP contribution < -0.4 is 0 Å². The molecule has 1 aromatic carbocycles. The largest absolute Gasteiger partial charge is 0.480 e. The van der Waals surface area contributed by atoms with Crippen LogP contribution in [-0.2, 0) is 4.79 Å². The van der Waals surface area contributed by atoms with Gasteiger partial charge in [-0.1, -0.05) is 23.4 Å². The van der Waals surface area contributed by atoms with Crippen molar-refractivity contribution in [1.82, 2.24) is 19.9 Å². The van der Waals surface area contributed by atoms with Gasteiger partial charge in [0.1, 0.15) is 6.04 Å². The van der Waals surface area contributed by atoms with Crippen molar-refractivity contribution in [2.75, 3.05) is 6.54 Å². The topological polar surface area (TPSA) is 88.3 Å². The van der Waals surface area contributed by atoms with Gasteiger partial charge in [-0.25, -0.2) is 9.48 Å². The fourth-order valence-electron chi connectivity index (χ4n) is 2.91. The molecule has 2 aromatic rings. The average Bonchev–Trinajstić information content (AvgIpc) is 2.96. The predicted molar refractivity (Wildman–Crippen MR) is 82.4 cm³/mol. The minimum absolute atomic E-state index is 0.210. The minimum atomic E-state index is -0.967. The molecule has 1 atom stereocenters. The smallest absolute Gasteiger partial charge is 0.326 e. The average molecular weight is 314 g/mol. The zero-order valence-electron chi connectivity index (χ0n) is 12.8. The highest BCUT2D eigenvalue weighted by Crippen LogP contribution is 2.21. The van der Waals surface area contributed by atoms with E-state index in [2.05, 4.69) is 10.3 Å². The molecule has 23 heavy (non-hydrogen) atoms. The Morgan fingerprint density at radius 1 is 1.22 bits per heavy atom. The maximum atomic E-state index is 12.7. The van der Waals surface area contributed by atoms with Crippen molar-refractivity contribution >= 4 is 11.9 Å². The van der Waals surface area contributed by atoms with Crippen LogP contribution in [0, 0.1) is 6.92 Å². The standard InChI is InChI=1S/C16H18N4O3/c1-11-14(17-18-20(11)12-7-3-2-4-8-12)15(21)19-10-6-5-9-13(19)16(22)23/h2-4,7-8,13H,5-6,9-10H2,1H3,(H,22,23). The van der Waals surface area contributed by atoms with Crippen molar-refractivity contribution in [2.45, 2.75) is 32.2 Å². The first-order chi connectivity index (χ1) is 11.1. The number of likely N-dealkylation sites (tertiary alicyclic amines) is 1. The quantitative estimate of drug-likeness (QED) is 0.930. The van der Waals surface area contributed by atoms with E-state index in [1.807, 2.05) is 30.3 Å². The number of aromatic nitrogens is 3. The molecule has 0 bridgehead atoms. The number of carbonyl (C=O) groups excluding carboxylic acids is 1. The summed E-state index contributed by atoms with van der Waals surface area (Å²) in [5.41, 5.74) is 1.63. The van der Waals surface area contributed by atoms with Crippen LogP contribution in [0.15, 0.2) is 30.3 Å². The van der Waals surface area contributed by atoms with Crippen LogP contribution in [0.3, 0.4) is 0 Å². The summed E-state index contributed by atoms with van der Waals surface area (Å²) in [5.74, 6) is -1.33. The summed E-state index contributed by atoms with van der Waals surface area (Å²) in [4.78, 5) is 25.5. The number of carboxylic acid groups (broad SMARTS) is 1. The molecule has 0 spiro atoms. The van der Waals surface area contributed by atoms with Crippen molar-refractivity contribution in [3.63, 3.8) is 0 Å². The molecule has 0 saturated carbocycles. The van der Waals surface area contributed by atoms with Crippen LogP contribution in [0.1, 0.15) is 35.4 Å². The maximum absolute atomic E-state index is 12.7. The highest BCUT2D eigenvalue weighted by Gasteiger charge is 2.34. The number of piperidine rings is 1. The van der Waals surface area contributed by atoms with E-state index < -0.39 is 12.0 Å². The summed E-state index contributed by atoms with van der Waals surface area (Å²) in [6.07, 6.45) is 2.10. The zero-order valence-corrected chi connectivity index (χ0v) is 12.8. The number of carboxylic acids is 1. The Labute approximate surface area is 133 Å². The van der Waals surface area contributed by atoms with E-state index in [1.165, 1.54) is 4.90 Å². The van der Waals surface area contributed by atoms with Crippen LogP contribution >= 0.6 is 0 Å². The monoisotopic (exact) mass is 314 g/mol. The Bertz CT molecular complexity index is 726. The summed E-state index contributed by atoms with van der Waals surface area (Å²) in [5, 5.41) is 17.4. The Balaban J connectivity index is 1.91. The molecule has 1 fully saturated rings. The third-order valence-corrected chi connectivity index (χ3v) is 4.15. The zero-order chi connectivity index (χ0) is 16.4. The molecule has 2 heterocycles. The van der Waals surface area contributed by atoms with Crippen LogP contribution in [0.25, 0.3) is 5.69 Å². The number of benzene rings is 1. The van der Waals surface area contributed by atoms with Crippen molar-refractivity contribution in [2.24, 2.45) is 0 Å². The van der Waals surface area contributed by atoms with Gasteiger partial charge in [-0.2, -0.15) is 0 Å². The number of aliphatic carboxylic acids is 1. The second-order valence-electron chi connectivity index (χ2n) is 5.62. The van der Waals surface area contributed by atoms with Crippen LogP contribution in [-0.4, -0.2) is 49.5 Å². The second-order valence-corrected chi connectivity index (χ2v) is 5.62. The molecule has 1 amide bonds. The molecule has 1 unspecified atom stereocenters. The summed E-state index contributed by atoms with van der Waals surface area (Å²) in [7, 11) is 0. The first-order valence-corrected chi connectivity index (χ1v) is 7.61. The molecule has 120 valence electrons. The van der Waals surface area contributed by atoms with Crippen LogP contribution in [0.4, 0.5) is 0 Å². The highest BCUT2D eigenvalue weighted by molar-refractivity contribution is 5.96. The van der Waals surface area contributed by atoms with Gasteiger partial charge in [0.15, 0.2) is 5.69 Å². The number of hydrogen-bond acceptors (Lipinski definition) is 4. The number of para-hydroxylation sites is 1. The molecule has 1 aromatic heterocycles. The normalized spacial score (nSPS) is 18.0. The first-order valence-electron chi connectivity index (χ1n) is 7.61. The summed E-state index contributed by atoms with van der Waals surface area (Å²) < 4.78 is 1.59. The van der Waals surface area contributed by atoms with Crippen molar-refractivity contribution in [1.29, 1.82) is 0 Å². The molecule has 3 rings (SSSR count). The van der Waals surface area contributed by atoms with Gasteiger partial charge in [-0.15, -0.1) is 5.10 Å². The predicted octanol–water partition coefficient (Wildman–Crippen LogP) is 1.66. The van der Waals surface area contributed by atoms with E-state index >= 15 is 0 Å². The second kappa shape index (κ2) is 6.20. The van der Waals surface area contributed by atoms with E-state index in [0.29, 0.717) is 18.7 Å². The van der Waals surface area contributed by atoms with Gasteiger partial charge in [0, 0.05) is 6.54 Å². The lowest BCUT2D eigenvalue weighted by Gasteiger charge is -2.32. The van der Waals surface area contributed by atoms with Gasteiger partial charge in [0.05, 0.1) is 11.4 Å². The highest BCUT2D eigenvalue weighted by atomic mass is 16.4. The number of hydrogen-bond donors (Lipinski definition) is 1.